The van der Waals surface area contributed by atoms with Gasteiger partial charge in [-0.25, -0.2) is 9.18 Å². The van der Waals surface area contributed by atoms with Gasteiger partial charge in [0.1, 0.15) is 17.3 Å². The van der Waals surface area contributed by atoms with Crippen LogP contribution < -0.4 is 10.5 Å². The topological polar surface area (TPSA) is 70.1 Å². The predicted molar refractivity (Wildman–Crippen MR) is 75.5 cm³/mol. The van der Waals surface area contributed by atoms with Crippen molar-refractivity contribution < 1.29 is 13.9 Å². The van der Waals surface area contributed by atoms with E-state index in [9.17, 15) is 9.18 Å². The second-order valence-corrected chi connectivity index (χ2v) is 4.38. The zero-order chi connectivity index (χ0) is 15.0. The maximum absolute atomic E-state index is 13.4. The lowest BCUT2D eigenvalue weighted by atomic mass is 10.1. The summed E-state index contributed by atoms with van der Waals surface area (Å²) in [5, 5.41) is 4.74. The van der Waals surface area contributed by atoms with Crippen LogP contribution in [0.3, 0.4) is 0 Å². The lowest BCUT2D eigenvalue weighted by molar-refractivity contribution is 0.248. The van der Waals surface area contributed by atoms with Gasteiger partial charge in [-0.3, -0.25) is 0 Å². The summed E-state index contributed by atoms with van der Waals surface area (Å²) in [4.78, 5) is 11.5. The van der Waals surface area contributed by atoms with Crippen LogP contribution in [0.25, 0.3) is 22.2 Å². The number of carbonyl (C=O) groups is 1. The van der Waals surface area contributed by atoms with E-state index < -0.39 is 11.8 Å². The van der Waals surface area contributed by atoms with E-state index >= 15 is 0 Å². The first-order valence-corrected chi connectivity index (χ1v) is 6.15. The van der Waals surface area contributed by atoms with Gasteiger partial charge in [-0.1, -0.05) is 12.1 Å². The number of hydrogen-bond donors (Lipinski definition) is 1. The number of rotatable bonds is 2. The van der Waals surface area contributed by atoms with Crippen molar-refractivity contribution in [3.63, 3.8) is 0 Å². The predicted octanol–water partition coefficient (Wildman–Crippen LogP) is 2.58. The third kappa shape index (κ3) is 2.10. The van der Waals surface area contributed by atoms with Crippen LogP contribution in [-0.2, 0) is 0 Å². The lowest BCUT2D eigenvalue weighted by Gasteiger charge is -2.03. The van der Waals surface area contributed by atoms with Gasteiger partial charge in [0.15, 0.2) is 0 Å². The Hall–Kier alpha value is -2.89. The lowest BCUT2D eigenvalue weighted by Crippen LogP contribution is -2.20. The number of ether oxygens (including phenoxy) is 1. The summed E-state index contributed by atoms with van der Waals surface area (Å²) in [5.41, 5.74) is 6.75. The highest BCUT2D eigenvalue weighted by molar-refractivity contribution is 6.01. The zero-order valence-electron chi connectivity index (χ0n) is 11.1. The molecule has 0 spiro atoms. The molecule has 0 saturated heterocycles. The molecule has 2 aromatic carbocycles. The van der Waals surface area contributed by atoms with Crippen LogP contribution in [0, 0.1) is 11.9 Å². The largest absolute Gasteiger partial charge is 0.495 e. The number of aromatic nitrogens is 2. The molecule has 0 aliphatic carbocycles. The van der Waals surface area contributed by atoms with E-state index in [1.54, 1.807) is 24.3 Å². The fourth-order valence-electron chi connectivity index (χ4n) is 2.24. The van der Waals surface area contributed by atoms with Gasteiger partial charge in [0.05, 0.1) is 18.0 Å². The molecule has 6 heteroatoms. The van der Waals surface area contributed by atoms with Gasteiger partial charge in [0.2, 0.25) is 0 Å². The molecule has 0 aliphatic heterocycles. The summed E-state index contributed by atoms with van der Waals surface area (Å²) in [6, 6.07) is 11.4. The molecule has 1 amide bonds. The van der Waals surface area contributed by atoms with Crippen LogP contribution >= 0.6 is 0 Å². The standard InChI is InChI=1S/C15H11FN3O2/c1-21-12-7-3-6-11-13(12)14(18-19(11)15(17)20)9-4-2-5-10(16)8-9/h2-6,8H,1H3,(H2,17,20). The first kappa shape index (κ1) is 13.1. The second kappa shape index (κ2) is 4.90. The molecule has 0 atom stereocenters. The minimum absolute atomic E-state index is 0.395. The highest BCUT2D eigenvalue weighted by Gasteiger charge is 2.18. The molecule has 1 heterocycles. The molecule has 0 aliphatic rings. The van der Waals surface area contributed by atoms with Crippen molar-refractivity contribution in [3.8, 4) is 17.0 Å². The number of carbonyl (C=O) groups excluding carboxylic acids is 1. The first-order chi connectivity index (χ1) is 10.1. The van der Waals surface area contributed by atoms with E-state index in [0.29, 0.717) is 27.9 Å². The van der Waals surface area contributed by atoms with E-state index in [1.807, 2.05) is 0 Å². The number of amides is 1. The molecular formula is C15H11FN3O2. The average molecular weight is 284 g/mol. The Kier molecular flexibility index (Phi) is 3.06. The van der Waals surface area contributed by atoms with Crippen molar-refractivity contribution in [1.82, 2.24) is 9.78 Å². The van der Waals surface area contributed by atoms with Gasteiger partial charge >= 0.3 is 6.03 Å². The SMILES string of the molecule is COc1[c]ccc2c1c(-c1cccc(F)c1)nn2C(N)=O. The first-order valence-electron chi connectivity index (χ1n) is 6.15. The van der Waals surface area contributed by atoms with Gasteiger partial charge in [-0.15, -0.1) is 0 Å². The molecule has 3 rings (SSSR count). The second-order valence-electron chi connectivity index (χ2n) is 4.38. The Bertz CT molecular complexity index is 842. The normalized spacial score (nSPS) is 10.8. The molecule has 1 aromatic heterocycles. The highest BCUT2D eigenvalue weighted by atomic mass is 19.1. The van der Waals surface area contributed by atoms with Crippen LogP contribution in [0.4, 0.5) is 9.18 Å². The number of nitrogens with two attached hydrogens (primary N) is 1. The number of nitrogens with zero attached hydrogens (tertiary/aromatic N) is 2. The van der Waals surface area contributed by atoms with Gasteiger partial charge < -0.3 is 10.5 Å². The number of benzene rings is 2. The van der Waals surface area contributed by atoms with Gasteiger partial charge in [-0.05, 0) is 24.3 Å². The molecule has 3 aromatic rings. The maximum Gasteiger partial charge on any atom is 0.340 e. The van der Waals surface area contributed by atoms with Gasteiger partial charge in [0.25, 0.3) is 0 Å². The van der Waals surface area contributed by atoms with Crippen LogP contribution in [0.15, 0.2) is 36.4 Å². The van der Waals surface area contributed by atoms with Crippen LogP contribution in [-0.4, -0.2) is 22.9 Å². The van der Waals surface area contributed by atoms with Crippen LogP contribution in [0.5, 0.6) is 5.75 Å². The minimum Gasteiger partial charge on any atom is -0.495 e. The number of methoxy groups -OCH3 is 1. The van der Waals surface area contributed by atoms with E-state index in [0.717, 1.165) is 4.68 Å². The quantitative estimate of drug-likeness (QED) is 0.786. The van der Waals surface area contributed by atoms with Gasteiger partial charge in [0, 0.05) is 11.6 Å². The van der Waals surface area contributed by atoms with Crippen LogP contribution in [0.1, 0.15) is 0 Å². The molecule has 0 unspecified atom stereocenters. The summed E-state index contributed by atoms with van der Waals surface area (Å²) in [7, 11) is 1.49. The van der Waals surface area contributed by atoms with Crippen molar-refractivity contribution in [2.75, 3.05) is 7.11 Å². The number of primary amides is 1. The fraction of sp³-hybridized carbons (Fsp3) is 0.0667. The summed E-state index contributed by atoms with van der Waals surface area (Å²) in [6.45, 7) is 0. The van der Waals surface area contributed by atoms with Crippen LogP contribution in [0.2, 0.25) is 0 Å². The molecule has 1 radical (unpaired) electrons. The summed E-state index contributed by atoms with van der Waals surface area (Å²) in [5.74, 6) is 0.0208. The van der Waals surface area contributed by atoms with E-state index in [1.165, 1.54) is 19.2 Å². The number of halogens is 1. The van der Waals surface area contributed by atoms with Gasteiger partial charge in [-0.2, -0.15) is 9.78 Å². The smallest absolute Gasteiger partial charge is 0.340 e. The molecule has 21 heavy (non-hydrogen) atoms. The van der Waals surface area contributed by atoms with Crippen molar-refractivity contribution in [2.24, 2.45) is 5.73 Å². The van der Waals surface area contributed by atoms with E-state index in [-0.39, 0.29) is 0 Å². The Labute approximate surface area is 119 Å². The molecule has 2 N–H and O–H groups in total. The van der Waals surface area contributed by atoms with Crippen molar-refractivity contribution in [3.05, 3.63) is 48.3 Å². The Morgan fingerprint density at radius 2 is 2.24 bits per heavy atom. The summed E-state index contributed by atoms with van der Waals surface area (Å²) < 4.78 is 19.8. The minimum atomic E-state index is -0.726. The molecule has 5 nitrogen and oxygen atoms in total. The number of hydrogen-bond acceptors (Lipinski definition) is 3. The summed E-state index contributed by atoms with van der Waals surface area (Å²) >= 11 is 0. The van der Waals surface area contributed by atoms with Crippen molar-refractivity contribution in [2.45, 2.75) is 0 Å². The third-order valence-electron chi connectivity index (χ3n) is 3.11. The molecule has 0 bridgehead atoms. The van der Waals surface area contributed by atoms with E-state index in [2.05, 4.69) is 11.2 Å². The van der Waals surface area contributed by atoms with Crippen molar-refractivity contribution in [1.29, 1.82) is 0 Å². The maximum atomic E-state index is 13.4. The Morgan fingerprint density at radius 3 is 2.90 bits per heavy atom. The Morgan fingerprint density at radius 1 is 1.43 bits per heavy atom. The Balaban J connectivity index is 2.39. The average Bonchev–Trinajstić information content (AvgIpc) is 2.87. The summed E-state index contributed by atoms with van der Waals surface area (Å²) in [6.07, 6.45) is 0. The third-order valence-corrected chi connectivity index (χ3v) is 3.11. The van der Waals surface area contributed by atoms with E-state index in [4.69, 9.17) is 10.5 Å². The van der Waals surface area contributed by atoms with Crippen molar-refractivity contribution >= 4 is 16.9 Å². The molecule has 0 saturated carbocycles. The molecule has 0 fully saturated rings. The zero-order valence-corrected chi connectivity index (χ0v) is 11.1. The monoisotopic (exact) mass is 284 g/mol. The highest BCUT2D eigenvalue weighted by Crippen LogP contribution is 2.34. The number of fused-ring (bicyclic) bond motifs is 1. The molecular weight excluding hydrogens is 273 g/mol. The fourth-order valence-corrected chi connectivity index (χ4v) is 2.24. The molecule has 105 valence electrons.